The molecule has 108 valence electrons. The predicted octanol–water partition coefficient (Wildman–Crippen LogP) is 2.08. The third-order valence-electron chi connectivity index (χ3n) is 1.79. The molecule has 19 heavy (non-hydrogen) atoms. The van der Waals surface area contributed by atoms with Gasteiger partial charge in [-0.05, 0) is 34.1 Å². The molecule has 1 rings (SSSR count). The molecule has 10 heteroatoms. The summed E-state index contributed by atoms with van der Waals surface area (Å²) >= 11 is 2.84. The maximum absolute atomic E-state index is 12.0. The molecule has 0 bridgehead atoms. The third-order valence-corrected chi connectivity index (χ3v) is 3.68. The Kier molecular flexibility index (Phi) is 5.04. The van der Waals surface area contributed by atoms with Gasteiger partial charge in [0.05, 0.1) is 16.8 Å². The molecular formula is C9H9BrF3NO4S. The summed E-state index contributed by atoms with van der Waals surface area (Å²) in [4.78, 5) is 0. The van der Waals surface area contributed by atoms with E-state index in [2.05, 4.69) is 25.4 Å². The van der Waals surface area contributed by atoms with Gasteiger partial charge in [0.1, 0.15) is 5.75 Å². The Hall–Kier alpha value is -1.00. The fourth-order valence-corrected chi connectivity index (χ4v) is 2.41. The van der Waals surface area contributed by atoms with E-state index in [-0.39, 0.29) is 10.2 Å². The van der Waals surface area contributed by atoms with Crippen molar-refractivity contribution in [3.05, 3.63) is 22.7 Å². The Morgan fingerprint density at radius 3 is 2.47 bits per heavy atom. The van der Waals surface area contributed by atoms with Crippen molar-refractivity contribution in [2.24, 2.45) is 0 Å². The molecule has 1 aromatic rings. The molecule has 0 aliphatic rings. The van der Waals surface area contributed by atoms with Crippen molar-refractivity contribution in [3.63, 3.8) is 0 Å². The number of hydrogen-bond donors (Lipinski definition) is 2. The summed E-state index contributed by atoms with van der Waals surface area (Å²) < 4.78 is 64.4. The van der Waals surface area contributed by atoms with E-state index in [9.17, 15) is 21.6 Å². The second-order valence-corrected chi connectivity index (χ2v) is 6.03. The molecule has 0 fully saturated rings. The summed E-state index contributed by atoms with van der Waals surface area (Å²) in [5.74, 6) is -0.997. The van der Waals surface area contributed by atoms with E-state index in [0.717, 1.165) is 18.2 Å². The lowest BCUT2D eigenvalue weighted by Crippen LogP contribution is -2.19. The zero-order valence-electron chi connectivity index (χ0n) is 9.24. The van der Waals surface area contributed by atoms with Gasteiger partial charge in [0.2, 0.25) is 10.0 Å². The maximum atomic E-state index is 12.0. The highest BCUT2D eigenvalue weighted by atomic mass is 79.9. The lowest BCUT2D eigenvalue weighted by Gasteiger charge is -2.12. The highest BCUT2D eigenvalue weighted by Crippen LogP contribution is 2.32. The Morgan fingerprint density at radius 1 is 1.37 bits per heavy atom. The van der Waals surface area contributed by atoms with E-state index in [1.165, 1.54) is 0 Å². The quantitative estimate of drug-likeness (QED) is 0.839. The summed E-state index contributed by atoms with van der Waals surface area (Å²) in [5.41, 5.74) is 0.0508. The van der Waals surface area contributed by atoms with Crippen molar-refractivity contribution in [3.8, 4) is 5.75 Å². The smallest absolute Gasteiger partial charge is 0.405 e. The molecule has 0 atom stereocenters. The molecule has 0 unspecified atom stereocenters. The lowest BCUT2D eigenvalue weighted by molar-refractivity contribution is -0.274. The number of aliphatic hydroxyl groups excluding tert-OH is 1. The first-order chi connectivity index (χ1) is 8.63. The van der Waals surface area contributed by atoms with Gasteiger partial charge >= 0.3 is 6.36 Å². The molecule has 0 saturated carbocycles. The van der Waals surface area contributed by atoms with Crippen LogP contribution in [0.2, 0.25) is 0 Å². The molecule has 0 aliphatic heterocycles. The maximum Gasteiger partial charge on any atom is 0.573 e. The van der Waals surface area contributed by atoms with E-state index in [1.807, 2.05) is 0 Å². The van der Waals surface area contributed by atoms with Crippen LogP contribution in [0.25, 0.3) is 0 Å². The highest BCUT2D eigenvalue weighted by Gasteiger charge is 2.32. The minimum atomic E-state index is -4.83. The van der Waals surface area contributed by atoms with Crippen LogP contribution in [-0.2, 0) is 10.0 Å². The Balaban J connectivity index is 2.89. The number of aliphatic hydroxyl groups is 1. The molecule has 0 radical (unpaired) electrons. The Bertz CT molecular complexity index is 547. The fraction of sp³-hybridized carbons (Fsp3) is 0.333. The van der Waals surface area contributed by atoms with Gasteiger partial charge in [-0.25, -0.2) is 8.42 Å². The second kappa shape index (κ2) is 5.97. The topological polar surface area (TPSA) is 75.6 Å². The van der Waals surface area contributed by atoms with Gasteiger partial charge in [-0.2, -0.15) is 0 Å². The lowest BCUT2D eigenvalue weighted by atomic mass is 10.3. The monoisotopic (exact) mass is 363 g/mol. The van der Waals surface area contributed by atoms with Crippen molar-refractivity contribution >= 4 is 31.6 Å². The molecule has 0 aromatic heterocycles. The van der Waals surface area contributed by atoms with Crippen molar-refractivity contribution in [2.45, 2.75) is 6.36 Å². The van der Waals surface area contributed by atoms with Crippen LogP contribution in [0.4, 0.5) is 18.9 Å². The van der Waals surface area contributed by atoms with E-state index in [4.69, 9.17) is 5.11 Å². The van der Waals surface area contributed by atoms with Crippen molar-refractivity contribution in [2.75, 3.05) is 17.1 Å². The van der Waals surface area contributed by atoms with Crippen LogP contribution in [-0.4, -0.2) is 32.2 Å². The van der Waals surface area contributed by atoms with Gasteiger partial charge in [0, 0.05) is 5.69 Å². The van der Waals surface area contributed by atoms with Gasteiger partial charge in [-0.3, -0.25) is 4.72 Å². The average molecular weight is 364 g/mol. The first kappa shape index (κ1) is 16.1. The summed E-state index contributed by atoms with van der Waals surface area (Å²) in [6.07, 6.45) is -4.83. The molecule has 1 aromatic carbocycles. The largest absolute Gasteiger partial charge is 0.573 e. The van der Waals surface area contributed by atoms with Gasteiger partial charge < -0.3 is 9.84 Å². The first-order valence-corrected chi connectivity index (χ1v) is 7.24. The van der Waals surface area contributed by atoms with Crippen LogP contribution in [0, 0.1) is 0 Å². The normalized spacial score (nSPS) is 12.3. The fourth-order valence-electron chi connectivity index (χ4n) is 1.12. The molecule has 0 aliphatic carbocycles. The van der Waals surface area contributed by atoms with Gasteiger partial charge in [-0.1, -0.05) is 0 Å². The number of hydrogen-bond acceptors (Lipinski definition) is 4. The zero-order valence-corrected chi connectivity index (χ0v) is 11.6. The van der Waals surface area contributed by atoms with E-state index in [0.29, 0.717) is 0 Å². The van der Waals surface area contributed by atoms with Crippen LogP contribution >= 0.6 is 15.9 Å². The third kappa shape index (κ3) is 5.66. The summed E-state index contributed by atoms with van der Waals surface area (Å²) in [6.45, 7) is -0.564. The van der Waals surface area contributed by atoms with E-state index >= 15 is 0 Å². The predicted molar refractivity (Wildman–Crippen MR) is 65.3 cm³/mol. The number of halogens is 4. The second-order valence-electron chi connectivity index (χ2n) is 3.34. The van der Waals surface area contributed by atoms with Crippen molar-refractivity contribution < 1.29 is 31.4 Å². The first-order valence-electron chi connectivity index (χ1n) is 4.79. The molecule has 0 spiro atoms. The number of benzene rings is 1. The van der Waals surface area contributed by atoms with Gasteiger partial charge in [0.25, 0.3) is 0 Å². The molecule has 5 nitrogen and oxygen atoms in total. The minimum Gasteiger partial charge on any atom is -0.405 e. The molecule has 0 saturated heterocycles. The Morgan fingerprint density at radius 2 is 2.00 bits per heavy atom. The van der Waals surface area contributed by atoms with E-state index in [1.54, 1.807) is 0 Å². The molecule has 0 heterocycles. The van der Waals surface area contributed by atoms with Gasteiger partial charge in [-0.15, -0.1) is 13.2 Å². The average Bonchev–Trinajstić information content (AvgIpc) is 2.19. The molecular weight excluding hydrogens is 355 g/mol. The number of anilines is 1. The summed E-state index contributed by atoms with van der Waals surface area (Å²) in [5, 5.41) is 8.53. The minimum absolute atomic E-state index is 0.0508. The number of ether oxygens (including phenoxy) is 1. The van der Waals surface area contributed by atoms with Crippen LogP contribution in [0.15, 0.2) is 22.7 Å². The van der Waals surface area contributed by atoms with Crippen molar-refractivity contribution in [1.29, 1.82) is 0 Å². The Labute approximate surface area is 115 Å². The van der Waals surface area contributed by atoms with Crippen LogP contribution in [0.3, 0.4) is 0 Å². The SMILES string of the molecule is O=S(=O)(CCO)Nc1ccc(OC(F)(F)F)c(Br)c1. The number of alkyl halides is 3. The molecule has 0 amide bonds. The zero-order chi connectivity index (χ0) is 14.7. The van der Waals surface area contributed by atoms with Crippen LogP contribution in [0.5, 0.6) is 5.75 Å². The number of nitrogens with one attached hydrogen (secondary N) is 1. The summed E-state index contributed by atoms with van der Waals surface area (Å²) in [6, 6.07) is 3.20. The highest BCUT2D eigenvalue weighted by molar-refractivity contribution is 9.10. The van der Waals surface area contributed by atoms with E-state index < -0.39 is 34.5 Å². The number of rotatable bonds is 5. The molecule has 2 N–H and O–H groups in total. The van der Waals surface area contributed by atoms with Gasteiger partial charge in [0.15, 0.2) is 0 Å². The number of sulfonamides is 1. The van der Waals surface area contributed by atoms with Crippen molar-refractivity contribution in [1.82, 2.24) is 0 Å². The summed E-state index contributed by atoms with van der Waals surface area (Å²) in [7, 11) is -3.73. The van der Waals surface area contributed by atoms with Crippen LogP contribution < -0.4 is 9.46 Å². The van der Waals surface area contributed by atoms with Crippen LogP contribution in [0.1, 0.15) is 0 Å². The standard InChI is InChI=1S/C9H9BrF3NO4S/c10-7-5-6(14-19(16,17)4-3-15)1-2-8(7)18-9(11,12)13/h1-2,5,14-15H,3-4H2.